The first-order valence-electron chi connectivity index (χ1n) is 6.25. The van der Waals surface area contributed by atoms with E-state index >= 15 is 0 Å². The zero-order valence-electron chi connectivity index (χ0n) is 10.1. The van der Waals surface area contributed by atoms with Crippen molar-refractivity contribution in [1.29, 1.82) is 0 Å². The van der Waals surface area contributed by atoms with Crippen LogP contribution in [0.1, 0.15) is 31.2 Å². The molecule has 0 atom stereocenters. The van der Waals surface area contributed by atoms with Gasteiger partial charge in [0.25, 0.3) is 0 Å². The quantitative estimate of drug-likeness (QED) is 0.804. The zero-order valence-corrected chi connectivity index (χ0v) is 10.1. The molecule has 4 heteroatoms. The molecule has 4 nitrogen and oxygen atoms in total. The van der Waals surface area contributed by atoms with Gasteiger partial charge < -0.3 is 4.74 Å². The van der Waals surface area contributed by atoms with Gasteiger partial charge in [-0.3, -0.25) is 4.79 Å². The molecule has 0 unspecified atom stereocenters. The van der Waals surface area contributed by atoms with E-state index in [-0.39, 0.29) is 18.1 Å². The molecular formula is C14H15NO3. The lowest BCUT2D eigenvalue weighted by atomic mass is 10.2. The van der Waals surface area contributed by atoms with E-state index < -0.39 is 6.09 Å². The van der Waals surface area contributed by atoms with Gasteiger partial charge in [0.05, 0.1) is 5.54 Å². The molecule has 1 heterocycles. The fraction of sp³-hybridized carbons (Fsp3) is 0.429. The van der Waals surface area contributed by atoms with Crippen LogP contribution in [0, 0.1) is 0 Å². The van der Waals surface area contributed by atoms with E-state index in [1.54, 1.807) is 0 Å². The Kier molecular flexibility index (Phi) is 2.58. The molecule has 0 N–H and O–H groups in total. The highest BCUT2D eigenvalue weighted by molar-refractivity contribution is 5.95. The fourth-order valence-corrected chi connectivity index (χ4v) is 2.52. The average Bonchev–Trinajstić information content (AvgIpc) is 3.08. The normalized spacial score (nSPS) is 20.2. The van der Waals surface area contributed by atoms with Crippen molar-refractivity contribution in [2.75, 3.05) is 0 Å². The molecule has 1 saturated heterocycles. The van der Waals surface area contributed by atoms with E-state index in [2.05, 4.69) is 0 Å². The van der Waals surface area contributed by atoms with Crippen molar-refractivity contribution in [1.82, 2.24) is 4.90 Å². The molecule has 18 heavy (non-hydrogen) atoms. The molecular weight excluding hydrogens is 230 g/mol. The van der Waals surface area contributed by atoms with Crippen LogP contribution in [0.2, 0.25) is 0 Å². The summed E-state index contributed by atoms with van der Waals surface area (Å²) in [7, 11) is 0. The van der Waals surface area contributed by atoms with Crippen molar-refractivity contribution in [2.24, 2.45) is 0 Å². The summed E-state index contributed by atoms with van der Waals surface area (Å²) in [6.07, 6.45) is 2.64. The predicted molar refractivity (Wildman–Crippen MR) is 64.7 cm³/mol. The van der Waals surface area contributed by atoms with Crippen molar-refractivity contribution in [3.05, 3.63) is 35.9 Å². The number of benzene rings is 1. The van der Waals surface area contributed by atoms with E-state index in [4.69, 9.17) is 4.74 Å². The molecule has 0 aromatic heterocycles. The molecule has 94 valence electrons. The second-order valence-electron chi connectivity index (χ2n) is 4.99. The zero-order chi connectivity index (χ0) is 12.6. The number of hydrogen-bond acceptors (Lipinski definition) is 3. The maximum Gasteiger partial charge on any atom is 0.417 e. The summed E-state index contributed by atoms with van der Waals surface area (Å²) in [5, 5.41) is 0. The van der Waals surface area contributed by atoms with E-state index in [0.717, 1.165) is 24.8 Å². The Labute approximate surface area is 106 Å². The second kappa shape index (κ2) is 4.12. The topological polar surface area (TPSA) is 46.6 Å². The van der Waals surface area contributed by atoms with Crippen LogP contribution in [0.15, 0.2) is 30.3 Å². The third kappa shape index (κ3) is 1.88. The van der Waals surface area contributed by atoms with E-state index in [1.807, 2.05) is 30.3 Å². The highest BCUT2D eigenvalue weighted by atomic mass is 16.6. The molecule has 1 aliphatic carbocycles. The summed E-state index contributed by atoms with van der Waals surface area (Å²) in [6.45, 7) is 0.222. The summed E-state index contributed by atoms with van der Waals surface area (Å²) in [5.74, 6) is -0.0921. The second-order valence-corrected chi connectivity index (χ2v) is 4.99. The highest BCUT2D eigenvalue weighted by Crippen LogP contribution is 2.50. The van der Waals surface area contributed by atoms with Gasteiger partial charge in [-0.1, -0.05) is 30.3 Å². The Hall–Kier alpha value is -1.84. The predicted octanol–water partition coefficient (Wildman–Crippen LogP) is 2.48. The molecule has 0 radical (unpaired) electrons. The molecule has 1 aliphatic heterocycles. The van der Waals surface area contributed by atoms with Gasteiger partial charge in [0.2, 0.25) is 5.91 Å². The molecule has 1 spiro atoms. The SMILES string of the molecule is O=C1CCC2(CC2)N1C(=O)OCc1ccccc1. The van der Waals surface area contributed by atoms with Gasteiger partial charge in [-0.2, -0.15) is 0 Å². The number of likely N-dealkylation sites (tertiary alicyclic amines) is 1. The lowest BCUT2D eigenvalue weighted by molar-refractivity contribution is -0.127. The van der Waals surface area contributed by atoms with Crippen LogP contribution in [-0.2, 0) is 16.1 Å². The number of rotatable bonds is 2. The van der Waals surface area contributed by atoms with Crippen molar-refractivity contribution in [2.45, 2.75) is 37.8 Å². The molecule has 3 rings (SSSR count). The monoisotopic (exact) mass is 245 g/mol. The summed E-state index contributed by atoms with van der Waals surface area (Å²) in [5.41, 5.74) is 0.743. The number of carbonyl (C=O) groups is 2. The van der Waals surface area contributed by atoms with Gasteiger partial charge in [-0.05, 0) is 24.8 Å². The van der Waals surface area contributed by atoms with Gasteiger partial charge in [0.1, 0.15) is 6.61 Å². The van der Waals surface area contributed by atoms with Crippen molar-refractivity contribution >= 4 is 12.0 Å². The van der Waals surface area contributed by atoms with Crippen LogP contribution in [0.3, 0.4) is 0 Å². The maximum absolute atomic E-state index is 12.0. The Morgan fingerprint density at radius 1 is 1.22 bits per heavy atom. The van der Waals surface area contributed by atoms with Crippen LogP contribution < -0.4 is 0 Å². The van der Waals surface area contributed by atoms with Gasteiger partial charge >= 0.3 is 6.09 Å². The maximum atomic E-state index is 12.0. The largest absolute Gasteiger partial charge is 0.444 e. The third-order valence-corrected chi connectivity index (χ3v) is 3.74. The summed E-state index contributed by atoms with van der Waals surface area (Å²) in [6, 6.07) is 9.49. The van der Waals surface area contributed by atoms with Crippen LogP contribution in [0.25, 0.3) is 0 Å². The van der Waals surface area contributed by atoms with Gasteiger partial charge in [0.15, 0.2) is 0 Å². The fourth-order valence-electron chi connectivity index (χ4n) is 2.52. The Bertz CT molecular complexity index is 479. The minimum atomic E-state index is -0.487. The van der Waals surface area contributed by atoms with Crippen molar-refractivity contribution in [3.8, 4) is 0 Å². The molecule has 1 aromatic rings. The van der Waals surface area contributed by atoms with Crippen molar-refractivity contribution in [3.63, 3.8) is 0 Å². The molecule has 1 aromatic carbocycles. The number of carbonyl (C=O) groups excluding carboxylic acids is 2. The van der Waals surface area contributed by atoms with Gasteiger partial charge in [0, 0.05) is 6.42 Å². The van der Waals surface area contributed by atoms with E-state index in [1.165, 1.54) is 4.90 Å². The number of nitrogens with zero attached hydrogens (tertiary/aromatic N) is 1. The lowest BCUT2D eigenvalue weighted by Gasteiger charge is -2.21. The molecule has 0 bridgehead atoms. The first kappa shape index (κ1) is 11.3. The standard InChI is InChI=1S/C14H15NO3/c16-12-6-7-14(8-9-14)15(12)13(17)18-10-11-4-2-1-3-5-11/h1-5H,6-10H2. The highest BCUT2D eigenvalue weighted by Gasteiger charge is 2.57. The Morgan fingerprint density at radius 2 is 1.94 bits per heavy atom. The van der Waals surface area contributed by atoms with Crippen LogP contribution in [0.4, 0.5) is 4.79 Å². The summed E-state index contributed by atoms with van der Waals surface area (Å²) >= 11 is 0. The summed E-state index contributed by atoms with van der Waals surface area (Å²) in [4.78, 5) is 25.0. The number of hydrogen-bond donors (Lipinski definition) is 0. The first-order chi connectivity index (χ1) is 8.71. The number of ether oxygens (including phenoxy) is 1. The third-order valence-electron chi connectivity index (χ3n) is 3.74. The molecule has 2 amide bonds. The van der Waals surface area contributed by atoms with E-state index in [0.29, 0.717) is 6.42 Å². The Morgan fingerprint density at radius 3 is 2.61 bits per heavy atom. The van der Waals surface area contributed by atoms with Crippen LogP contribution >= 0.6 is 0 Å². The smallest absolute Gasteiger partial charge is 0.417 e. The molecule has 1 saturated carbocycles. The minimum Gasteiger partial charge on any atom is -0.444 e. The van der Waals surface area contributed by atoms with Gasteiger partial charge in [-0.25, -0.2) is 9.69 Å². The average molecular weight is 245 g/mol. The first-order valence-corrected chi connectivity index (χ1v) is 6.25. The van der Waals surface area contributed by atoms with Gasteiger partial charge in [-0.15, -0.1) is 0 Å². The van der Waals surface area contributed by atoms with Crippen LogP contribution in [0.5, 0.6) is 0 Å². The number of imide groups is 1. The Balaban J connectivity index is 1.63. The minimum absolute atomic E-state index is 0.0921. The number of amides is 2. The van der Waals surface area contributed by atoms with E-state index in [9.17, 15) is 9.59 Å². The lowest BCUT2D eigenvalue weighted by Crippen LogP contribution is -2.40. The van der Waals surface area contributed by atoms with Crippen molar-refractivity contribution < 1.29 is 14.3 Å². The summed E-state index contributed by atoms with van der Waals surface area (Å²) < 4.78 is 5.22. The molecule has 2 fully saturated rings. The van der Waals surface area contributed by atoms with Crippen LogP contribution in [-0.4, -0.2) is 22.4 Å². The molecule has 2 aliphatic rings.